The number of rotatable bonds is 0. The molecule has 3 nitrogen and oxygen atoms in total. The number of hydrogen-bond acceptors (Lipinski definition) is 3. The summed E-state index contributed by atoms with van der Waals surface area (Å²) in [5, 5.41) is 17.5. The first-order valence-corrected chi connectivity index (χ1v) is 4.29. The first-order chi connectivity index (χ1) is 6.00. The molecule has 0 aromatic heterocycles. The van der Waals surface area contributed by atoms with Gasteiger partial charge in [0.15, 0.2) is 6.30 Å². The van der Waals surface area contributed by atoms with Crippen LogP contribution in [0.4, 0.5) is 8.78 Å². The molecule has 5 unspecified atom stereocenters. The van der Waals surface area contributed by atoms with E-state index in [9.17, 15) is 14.0 Å². The van der Waals surface area contributed by atoms with Gasteiger partial charge < -0.3 is 10.3 Å². The summed E-state index contributed by atoms with van der Waals surface area (Å²) in [6.07, 6.45) is -4.13. The molecule has 1 aliphatic heterocycles. The molecule has 5 atom stereocenters. The minimum Gasteiger partial charge on any atom is -0.782 e. The number of nitrogens with zero attached hydrogens (tertiary/aromatic N) is 2. The number of halogens is 4. The Bertz CT molecular complexity index is 221. The highest BCUT2D eigenvalue weighted by atomic mass is 35.5. The van der Waals surface area contributed by atoms with E-state index in [1.165, 1.54) is 6.07 Å². The molecular weight excluding hydrogens is 225 g/mol. The summed E-state index contributed by atoms with van der Waals surface area (Å²) < 4.78 is 25.9. The van der Waals surface area contributed by atoms with Gasteiger partial charge in [-0.15, -0.1) is 23.2 Å². The molecule has 1 rings (SSSR count). The Morgan fingerprint density at radius 2 is 1.92 bits per heavy atom. The van der Waals surface area contributed by atoms with E-state index in [1.807, 2.05) is 0 Å². The first kappa shape index (κ1) is 10.9. The highest BCUT2D eigenvalue weighted by Gasteiger charge is 2.45. The third kappa shape index (κ3) is 1.72. The molecule has 1 saturated heterocycles. The van der Waals surface area contributed by atoms with Crippen LogP contribution in [0.1, 0.15) is 0 Å². The second-order valence-corrected chi connectivity index (χ2v) is 3.60. The van der Waals surface area contributed by atoms with Crippen molar-refractivity contribution in [1.82, 2.24) is 5.06 Å². The fourth-order valence-electron chi connectivity index (χ4n) is 1.07. The highest BCUT2D eigenvalue weighted by molar-refractivity contribution is 6.23. The van der Waals surface area contributed by atoms with Gasteiger partial charge in [0.1, 0.15) is 17.5 Å². The van der Waals surface area contributed by atoms with Crippen LogP contribution in [0.3, 0.4) is 0 Å². The third-order valence-corrected chi connectivity index (χ3v) is 2.75. The number of hydroxylamine groups is 2. The molecule has 0 N–H and O–H groups in total. The van der Waals surface area contributed by atoms with Gasteiger partial charge in [-0.2, -0.15) is 5.26 Å². The van der Waals surface area contributed by atoms with E-state index >= 15 is 0 Å². The van der Waals surface area contributed by atoms with Gasteiger partial charge in [0.25, 0.3) is 0 Å². The topological polar surface area (TPSA) is 50.1 Å². The van der Waals surface area contributed by atoms with Crippen molar-refractivity contribution in [3.8, 4) is 6.07 Å². The third-order valence-electron chi connectivity index (χ3n) is 1.84. The molecule has 0 bridgehead atoms. The van der Waals surface area contributed by atoms with Crippen LogP contribution < -0.4 is 0 Å². The van der Waals surface area contributed by atoms with Crippen molar-refractivity contribution in [1.29, 1.82) is 5.26 Å². The zero-order chi connectivity index (χ0) is 10.2. The van der Waals surface area contributed by atoms with Crippen molar-refractivity contribution >= 4 is 23.2 Å². The second kappa shape index (κ2) is 3.93. The highest BCUT2D eigenvalue weighted by Crippen LogP contribution is 2.35. The van der Waals surface area contributed by atoms with E-state index in [0.717, 1.165) is 0 Å². The van der Waals surface area contributed by atoms with Gasteiger partial charge in [0.05, 0.1) is 11.6 Å². The van der Waals surface area contributed by atoms with Gasteiger partial charge in [-0.3, -0.25) is 0 Å². The molecule has 0 aromatic carbocycles. The molecule has 0 aromatic rings. The fraction of sp³-hybridized carbons (Fsp3) is 0.833. The van der Waals surface area contributed by atoms with E-state index in [-0.39, 0.29) is 5.06 Å². The standard InChI is InChI=1S/C6H5Cl2F2N2O/c7-3-4(9)2(1-11)5(8)12(13)6(3)10/h2-6H/q-1. The molecule has 0 radical (unpaired) electrons. The smallest absolute Gasteiger partial charge is 0.162 e. The molecule has 74 valence electrons. The number of hydrogen-bond donors (Lipinski definition) is 0. The van der Waals surface area contributed by atoms with E-state index in [0.29, 0.717) is 0 Å². The van der Waals surface area contributed by atoms with E-state index < -0.39 is 29.3 Å². The van der Waals surface area contributed by atoms with E-state index in [2.05, 4.69) is 0 Å². The van der Waals surface area contributed by atoms with Crippen LogP contribution in [0.5, 0.6) is 0 Å². The number of nitriles is 1. The molecule has 0 amide bonds. The van der Waals surface area contributed by atoms with Gasteiger partial charge in [0, 0.05) is 0 Å². The van der Waals surface area contributed by atoms with E-state index in [1.54, 1.807) is 0 Å². The lowest BCUT2D eigenvalue weighted by Gasteiger charge is -2.45. The molecule has 0 saturated carbocycles. The molecule has 7 heteroatoms. The maximum absolute atomic E-state index is 13.1. The van der Waals surface area contributed by atoms with Crippen LogP contribution in [0.15, 0.2) is 0 Å². The number of alkyl halides is 4. The molecule has 13 heavy (non-hydrogen) atoms. The Hall–Kier alpha value is -0.150. The van der Waals surface area contributed by atoms with Gasteiger partial charge in [-0.1, -0.05) is 0 Å². The molecule has 1 heterocycles. The Morgan fingerprint density at radius 3 is 2.38 bits per heavy atom. The molecule has 0 spiro atoms. The van der Waals surface area contributed by atoms with Crippen molar-refractivity contribution in [2.45, 2.75) is 23.3 Å². The molecule has 0 aliphatic carbocycles. The minimum absolute atomic E-state index is 0.191. The van der Waals surface area contributed by atoms with Crippen LogP contribution in [0, 0.1) is 22.5 Å². The lowest BCUT2D eigenvalue weighted by molar-refractivity contribution is 0.0135. The lowest BCUT2D eigenvalue weighted by Crippen LogP contribution is -2.54. The average molecular weight is 230 g/mol. The zero-order valence-corrected chi connectivity index (χ0v) is 7.71. The van der Waals surface area contributed by atoms with Gasteiger partial charge in [-0.05, 0) is 0 Å². The summed E-state index contributed by atoms with van der Waals surface area (Å²) in [6.45, 7) is 0. The average Bonchev–Trinajstić information content (AvgIpc) is 2.13. The predicted molar refractivity (Wildman–Crippen MR) is 43.4 cm³/mol. The van der Waals surface area contributed by atoms with E-state index in [4.69, 9.17) is 28.5 Å². The summed E-state index contributed by atoms with van der Waals surface area (Å²) in [7, 11) is 0. The van der Waals surface area contributed by atoms with Gasteiger partial charge >= 0.3 is 0 Å². The Morgan fingerprint density at radius 1 is 1.38 bits per heavy atom. The Kier molecular flexibility index (Phi) is 3.30. The predicted octanol–water partition coefficient (Wildman–Crippen LogP) is 1.75. The summed E-state index contributed by atoms with van der Waals surface area (Å²) in [6, 6.07) is 1.49. The molecule has 1 fully saturated rings. The molecular formula is C6H5Cl2F2N2O-. The monoisotopic (exact) mass is 229 g/mol. The van der Waals surface area contributed by atoms with Gasteiger partial charge in [-0.25, -0.2) is 8.78 Å². The van der Waals surface area contributed by atoms with Crippen LogP contribution in [-0.2, 0) is 0 Å². The maximum atomic E-state index is 13.1. The fourth-order valence-corrected chi connectivity index (χ4v) is 1.64. The van der Waals surface area contributed by atoms with Crippen LogP contribution >= 0.6 is 23.2 Å². The zero-order valence-electron chi connectivity index (χ0n) is 6.20. The second-order valence-electron chi connectivity index (χ2n) is 2.65. The summed E-state index contributed by atoms with van der Waals surface area (Å²) in [5.74, 6) is -1.39. The number of piperidine rings is 1. The SMILES string of the molecule is N#CC1C(F)C(Cl)C(F)N([O-])C1Cl. The van der Waals surface area contributed by atoms with Crippen molar-refractivity contribution in [2.24, 2.45) is 5.92 Å². The van der Waals surface area contributed by atoms with Crippen molar-refractivity contribution in [2.75, 3.05) is 0 Å². The van der Waals surface area contributed by atoms with Crippen molar-refractivity contribution < 1.29 is 8.78 Å². The quantitative estimate of drug-likeness (QED) is 0.470. The first-order valence-electron chi connectivity index (χ1n) is 3.42. The van der Waals surface area contributed by atoms with Crippen LogP contribution in [0.2, 0.25) is 0 Å². The maximum Gasteiger partial charge on any atom is 0.162 e. The van der Waals surface area contributed by atoms with Gasteiger partial charge in [0.2, 0.25) is 0 Å². The van der Waals surface area contributed by atoms with Crippen LogP contribution in [-0.4, -0.2) is 28.4 Å². The minimum atomic E-state index is -2.20. The largest absolute Gasteiger partial charge is 0.782 e. The Labute approximate surface area is 83.4 Å². The van der Waals surface area contributed by atoms with Crippen molar-refractivity contribution in [3.63, 3.8) is 0 Å². The summed E-state index contributed by atoms with van der Waals surface area (Å²) >= 11 is 10.6. The summed E-state index contributed by atoms with van der Waals surface area (Å²) in [5.41, 5.74) is -1.52. The Balaban J connectivity index is 2.87. The normalized spacial score (nSPS) is 47.2. The molecule has 1 aliphatic rings. The van der Waals surface area contributed by atoms with Crippen molar-refractivity contribution in [3.05, 3.63) is 5.21 Å². The van der Waals surface area contributed by atoms with Crippen LogP contribution in [0.25, 0.3) is 0 Å². The lowest BCUT2D eigenvalue weighted by atomic mass is 9.97. The summed E-state index contributed by atoms with van der Waals surface area (Å²) in [4.78, 5) is 0.